The molecule has 1 aromatic rings. The topological polar surface area (TPSA) is 17.1 Å². The molecule has 14 heavy (non-hydrogen) atoms. The van der Waals surface area contributed by atoms with Crippen molar-refractivity contribution >= 4 is 5.78 Å². The molecule has 1 saturated carbocycles. The zero-order valence-electron chi connectivity index (χ0n) is 8.99. The first kappa shape index (κ1) is 11.0. The van der Waals surface area contributed by atoms with Crippen LogP contribution in [0.15, 0.2) is 30.3 Å². The van der Waals surface area contributed by atoms with E-state index in [0.717, 1.165) is 19.3 Å². The Kier molecular flexibility index (Phi) is 4.37. The second kappa shape index (κ2) is 5.58. The van der Waals surface area contributed by atoms with Gasteiger partial charge in [-0.2, -0.15) is 0 Å². The summed E-state index contributed by atoms with van der Waals surface area (Å²) in [6.45, 7) is 4.01. The monoisotopic (exact) mass is 190 g/mol. The average Bonchev–Trinajstić information content (AvgIpc) is 3.02. The van der Waals surface area contributed by atoms with E-state index in [-0.39, 0.29) is 0 Å². The van der Waals surface area contributed by atoms with Crippen molar-refractivity contribution < 1.29 is 4.79 Å². The smallest absolute Gasteiger partial charge is 0.135 e. The molecule has 0 atom stereocenters. The van der Waals surface area contributed by atoms with Gasteiger partial charge in [-0.05, 0) is 19.8 Å². The summed E-state index contributed by atoms with van der Waals surface area (Å²) in [5, 5.41) is 0. The summed E-state index contributed by atoms with van der Waals surface area (Å²) < 4.78 is 0. The lowest BCUT2D eigenvalue weighted by Crippen LogP contribution is -1.95. The van der Waals surface area contributed by atoms with Gasteiger partial charge in [-0.1, -0.05) is 42.8 Å². The van der Waals surface area contributed by atoms with Crippen LogP contribution in [0.3, 0.4) is 0 Å². The molecule has 1 nitrogen and oxygen atoms in total. The van der Waals surface area contributed by atoms with Crippen LogP contribution in [-0.2, 0) is 4.79 Å². The number of rotatable bonds is 2. The number of carbonyl (C=O) groups is 1. The second-order valence-corrected chi connectivity index (χ2v) is 3.75. The number of hydrogen-bond donors (Lipinski definition) is 0. The van der Waals surface area contributed by atoms with Crippen molar-refractivity contribution in [2.24, 2.45) is 5.92 Å². The minimum Gasteiger partial charge on any atom is -0.299 e. The lowest BCUT2D eigenvalue weighted by atomic mass is 10.2. The van der Waals surface area contributed by atoms with Crippen LogP contribution in [0, 0.1) is 12.8 Å². The number of Topliss-reactive ketones (excluding diaryl/α,β-unsaturated/α-hetero) is 1. The summed E-state index contributed by atoms with van der Waals surface area (Å²) in [4.78, 5) is 10.6. The third-order valence-corrected chi connectivity index (χ3v) is 2.32. The van der Waals surface area contributed by atoms with Crippen LogP contribution in [0.4, 0.5) is 0 Å². The Bertz CT molecular complexity index is 273. The fourth-order valence-corrected chi connectivity index (χ4v) is 1.23. The van der Waals surface area contributed by atoms with Crippen LogP contribution in [0.5, 0.6) is 0 Å². The molecular formula is C13H18O. The van der Waals surface area contributed by atoms with Crippen LogP contribution in [0.1, 0.15) is 31.7 Å². The third kappa shape index (κ3) is 4.22. The highest BCUT2D eigenvalue weighted by molar-refractivity contribution is 5.82. The third-order valence-electron chi connectivity index (χ3n) is 2.32. The molecule has 1 aromatic carbocycles. The summed E-state index contributed by atoms with van der Waals surface area (Å²) >= 11 is 0. The first-order valence-corrected chi connectivity index (χ1v) is 5.28. The maximum absolute atomic E-state index is 10.6. The molecular weight excluding hydrogens is 172 g/mol. The van der Waals surface area contributed by atoms with Gasteiger partial charge in [0.05, 0.1) is 0 Å². The van der Waals surface area contributed by atoms with Crippen molar-refractivity contribution in [2.75, 3.05) is 0 Å². The van der Waals surface area contributed by atoms with E-state index in [1.54, 1.807) is 0 Å². The lowest BCUT2D eigenvalue weighted by molar-refractivity contribution is -0.119. The largest absolute Gasteiger partial charge is 0.299 e. The van der Waals surface area contributed by atoms with Gasteiger partial charge >= 0.3 is 0 Å². The molecule has 1 fully saturated rings. The molecule has 0 saturated heterocycles. The van der Waals surface area contributed by atoms with Gasteiger partial charge in [-0.25, -0.2) is 0 Å². The summed E-state index contributed by atoms with van der Waals surface area (Å²) in [6, 6.07) is 10.3. The van der Waals surface area contributed by atoms with Crippen LogP contribution >= 0.6 is 0 Å². The van der Waals surface area contributed by atoms with Crippen molar-refractivity contribution in [3.05, 3.63) is 35.9 Å². The van der Waals surface area contributed by atoms with E-state index in [4.69, 9.17) is 0 Å². The van der Waals surface area contributed by atoms with E-state index in [1.807, 2.05) is 25.1 Å². The fraction of sp³-hybridized carbons (Fsp3) is 0.462. The van der Waals surface area contributed by atoms with E-state index >= 15 is 0 Å². The van der Waals surface area contributed by atoms with Crippen LogP contribution in [0.25, 0.3) is 0 Å². The standard InChI is InChI=1S/C7H8.C6H10O/c1-7-5-3-2-4-6-7;1-2-6(7)5-3-4-5/h2-6H,1H3;5H,2-4H2,1H3. The highest BCUT2D eigenvalue weighted by Gasteiger charge is 2.27. The highest BCUT2D eigenvalue weighted by Crippen LogP contribution is 2.30. The minimum atomic E-state index is 0.458. The van der Waals surface area contributed by atoms with E-state index in [2.05, 4.69) is 19.1 Å². The number of benzene rings is 1. The highest BCUT2D eigenvalue weighted by atomic mass is 16.1. The summed E-state index contributed by atoms with van der Waals surface area (Å²) in [6.07, 6.45) is 3.06. The zero-order valence-corrected chi connectivity index (χ0v) is 8.99. The SMILES string of the molecule is CCC(=O)C1CC1.Cc1ccccc1. The van der Waals surface area contributed by atoms with Crippen molar-refractivity contribution in [3.63, 3.8) is 0 Å². The number of carbonyl (C=O) groups excluding carboxylic acids is 1. The Morgan fingerprint density at radius 2 is 1.86 bits per heavy atom. The number of aryl methyl sites for hydroxylation is 1. The van der Waals surface area contributed by atoms with Gasteiger partial charge in [0.1, 0.15) is 5.78 Å². The maximum Gasteiger partial charge on any atom is 0.135 e. The van der Waals surface area contributed by atoms with Crippen LogP contribution < -0.4 is 0 Å². The van der Waals surface area contributed by atoms with Gasteiger partial charge in [-0.15, -0.1) is 0 Å². The molecule has 0 bridgehead atoms. The Morgan fingerprint density at radius 3 is 2.07 bits per heavy atom. The van der Waals surface area contributed by atoms with Crippen molar-refractivity contribution in [1.82, 2.24) is 0 Å². The second-order valence-electron chi connectivity index (χ2n) is 3.75. The molecule has 0 amide bonds. The van der Waals surface area contributed by atoms with Gasteiger partial charge in [0.2, 0.25) is 0 Å². The van der Waals surface area contributed by atoms with Gasteiger partial charge in [0, 0.05) is 12.3 Å². The molecule has 0 heterocycles. The van der Waals surface area contributed by atoms with E-state index in [9.17, 15) is 4.79 Å². The number of ketones is 1. The lowest BCUT2D eigenvalue weighted by Gasteiger charge is -1.84. The number of hydrogen-bond acceptors (Lipinski definition) is 1. The van der Waals surface area contributed by atoms with E-state index in [0.29, 0.717) is 11.7 Å². The molecule has 0 spiro atoms. The summed E-state index contributed by atoms with van der Waals surface area (Å²) in [7, 11) is 0. The summed E-state index contributed by atoms with van der Waals surface area (Å²) in [5.74, 6) is 0.935. The molecule has 1 aliphatic rings. The molecule has 0 N–H and O–H groups in total. The van der Waals surface area contributed by atoms with Crippen molar-refractivity contribution in [3.8, 4) is 0 Å². The quantitative estimate of drug-likeness (QED) is 0.698. The summed E-state index contributed by atoms with van der Waals surface area (Å²) in [5.41, 5.74) is 1.32. The minimum absolute atomic E-state index is 0.458. The van der Waals surface area contributed by atoms with Gasteiger partial charge in [0.15, 0.2) is 0 Å². The van der Waals surface area contributed by atoms with Crippen molar-refractivity contribution in [2.45, 2.75) is 33.1 Å². The molecule has 76 valence electrons. The molecule has 0 unspecified atom stereocenters. The molecule has 0 aliphatic heterocycles. The Morgan fingerprint density at radius 1 is 1.29 bits per heavy atom. The molecule has 2 rings (SSSR count). The first-order valence-electron chi connectivity index (χ1n) is 5.28. The molecule has 1 aliphatic carbocycles. The molecule has 1 heteroatoms. The Balaban J connectivity index is 0.000000140. The first-order chi connectivity index (χ1) is 6.74. The van der Waals surface area contributed by atoms with Gasteiger partial charge < -0.3 is 0 Å². The van der Waals surface area contributed by atoms with Crippen LogP contribution in [-0.4, -0.2) is 5.78 Å². The van der Waals surface area contributed by atoms with Crippen molar-refractivity contribution in [1.29, 1.82) is 0 Å². The maximum atomic E-state index is 10.6. The average molecular weight is 190 g/mol. The van der Waals surface area contributed by atoms with E-state index in [1.165, 1.54) is 5.56 Å². The predicted octanol–water partition coefficient (Wildman–Crippen LogP) is 3.37. The molecule has 0 aromatic heterocycles. The predicted molar refractivity (Wildman–Crippen MR) is 59.2 cm³/mol. The Hall–Kier alpha value is -1.11. The van der Waals surface area contributed by atoms with Gasteiger partial charge in [0.25, 0.3) is 0 Å². The fourth-order valence-electron chi connectivity index (χ4n) is 1.23. The van der Waals surface area contributed by atoms with Crippen LogP contribution in [0.2, 0.25) is 0 Å². The molecule has 0 radical (unpaired) electrons. The normalized spacial score (nSPS) is 14.1. The Labute approximate surface area is 86.1 Å². The van der Waals surface area contributed by atoms with Gasteiger partial charge in [-0.3, -0.25) is 4.79 Å². The zero-order chi connectivity index (χ0) is 10.4. The van der Waals surface area contributed by atoms with E-state index < -0.39 is 0 Å².